The predicted molar refractivity (Wildman–Crippen MR) is 81.5 cm³/mol. The maximum absolute atomic E-state index is 14.1. The molecule has 0 aliphatic rings. The van der Waals surface area contributed by atoms with Gasteiger partial charge in [0.15, 0.2) is 5.82 Å². The van der Waals surface area contributed by atoms with E-state index in [9.17, 15) is 4.39 Å². The van der Waals surface area contributed by atoms with Gasteiger partial charge in [-0.3, -0.25) is 4.98 Å². The molecular weight excluding hydrogens is 269 g/mol. The Hall–Kier alpha value is -2.63. The van der Waals surface area contributed by atoms with Crippen LogP contribution in [0.4, 0.5) is 15.8 Å². The second kappa shape index (κ2) is 5.40. The Labute approximate surface area is 121 Å². The Kier molecular flexibility index (Phi) is 3.43. The number of hydrogen-bond acceptors (Lipinski definition) is 4. The topological polar surface area (TPSA) is 68.8 Å². The van der Waals surface area contributed by atoms with Crippen LogP contribution in [0.15, 0.2) is 36.8 Å². The number of pyridine rings is 1. The quantitative estimate of drug-likeness (QED) is 0.722. The van der Waals surface area contributed by atoms with Crippen LogP contribution in [-0.2, 0) is 13.5 Å². The Morgan fingerprint density at radius 3 is 2.95 bits per heavy atom. The second-order valence-electron chi connectivity index (χ2n) is 4.85. The molecule has 0 fully saturated rings. The first-order valence-corrected chi connectivity index (χ1v) is 6.69. The van der Waals surface area contributed by atoms with Gasteiger partial charge in [-0.25, -0.2) is 9.37 Å². The number of nitrogens with zero attached hydrogens (tertiary/aromatic N) is 3. The van der Waals surface area contributed by atoms with Gasteiger partial charge in [0, 0.05) is 49.7 Å². The molecule has 21 heavy (non-hydrogen) atoms. The highest BCUT2D eigenvalue weighted by Gasteiger charge is 2.11. The first-order valence-electron chi connectivity index (χ1n) is 6.69. The minimum atomic E-state index is -0.390. The molecule has 1 aromatic carbocycles. The number of rotatable bonds is 4. The van der Waals surface area contributed by atoms with E-state index in [-0.39, 0.29) is 0 Å². The van der Waals surface area contributed by atoms with Crippen molar-refractivity contribution in [2.24, 2.45) is 7.05 Å². The van der Waals surface area contributed by atoms with Crippen molar-refractivity contribution in [2.45, 2.75) is 6.42 Å². The van der Waals surface area contributed by atoms with Crippen LogP contribution in [-0.4, -0.2) is 21.1 Å². The Balaban J connectivity index is 1.85. The summed E-state index contributed by atoms with van der Waals surface area (Å²) in [4.78, 5) is 8.47. The summed E-state index contributed by atoms with van der Waals surface area (Å²) in [6, 6.07) is 4.95. The highest BCUT2D eigenvalue weighted by Crippen LogP contribution is 2.29. The molecule has 0 bridgehead atoms. The molecule has 2 heterocycles. The van der Waals surface area contributed by atoms with Gasteiger partial charge in [-0.1, -0.05) is 0 Å². The van der Waals surface area contributed by atoms with E-state index in [1.807, 2.05) is 23.9 Å². The number of imidazole rings is 1. The number of benzene rings is 1. The van der Waals surface area contributed by atoms with E-state index in [4.69, 9.17) is 5.73 Å². The van der Waals surface area contributed by atoms with Gasteiger partial charge in [0.25, 0.3) is 0 Å². The molecule has 3 rings (SSSR count). The maximum Gasteiger partial charge on any atom is 0.150 e. The average molecular weight is 285 g/mol. The summed E-state index contributed by atoms with van der Waals surface area (Å²) < 4.78 is 16.1. The van der Waals surface area contributed by atoms with Gasteiger partial charge in [0.05, 0.1) is 11.2 Å². The Morgan fingerprint density at radius 1 is 1.33 bits per heavy atom. The van der Waals surface area contributed by atoms with Crippen molar-refractivity contribution in [1.29, 1.82) is 0 Å². The molecule has 0 saturated carbocycles. The number of aryl methyl sites for hydroxylation is 1. The highest BCUT2D eigenvalue weighted by molar-refractivity contribution is 5.98. The molecule has 2 aromatic heterocycles. The first-order chi connectivity index (χ1) is 10.2. The van der Waals surface area contributed by atoms with Crippen LogP contribution in [0.1, 0.15) is 5.82 Å². The van der Waals surface area contributed by atoms with Crippen molar-refractivity contribution in [3.05, 3.63) is 48.4 Å². The normalized spacial score (nSPS) is 11.0. The lowest BCUT2D eigenvalue weighted by Gasteiger charge is -2.12. The van der Waals surface area contributed by atoms with Crippen LogP contribution in [0.5, 0.6) is 0 Å². The van der Waals surface area contributed by atoms with Crippen molar-refractivity contribution in [1.82, 2.24) is 14.5 Å². The highest BCUT2D eigenvalue weighted by atomic mass is 19.1. The second-order valence-corrected chi connectivity index (χ2v) is 4.85. The van der Waals surface area contributed by atoms with E-state index in [1.165, 1.54) is 6.07 Å². The van der Waals surface area contributed by atoms with Crippen LogP contribution >= 0.6 is 0 Å². The fourth-order valence-corrected chi connectivity index (χ4v) is 2.34. The van der Waals surface area contributed by atoms with Crippen molar-refractivity contribution >= 4 is 22.3 Å². The molecule has 6 heteroatoms. The monoisotopic (exact) mass is 285 g/mol. The summed E-state index contributed by atoms with van der Waals surface area (Å²) in [5.74, 6) is 0.550. The SMILES string of the molecule is Cn1ccnc1CCNc1c(F)cc(N)c2cccnc12. The van der Waals surface area contributed by atoms with Crippen molar-refractivity contribution in [3.63, 3.8) is 0 Å². The summed E-state index contributed by atoms with van der Waals surface area (Å²) >= 11 is 0. The van der Waals surface area contributed by atoms with Gasteiger partial charge in [-0.15, -0.1) is 0 Å². The number of nitrogens with one attached hydrogen (secondary N) is 1. The fraction of sp³-hybridized carbons (Fsp3) is 0.200. The number of aromatic nitrogens is 3. The fourth-order valence-electron chi connectivity index (χ4n) is 2.34. The van der Waals surface area contributed by atoms with E-state index in [2.05, 4.69) is 15.3 Å². The molecule has 0 spiro atoms. The minimum Gasteiger partial charge on any atom is -0.398 e. The lowest BCUT2D eigenvalue weighted by molar-refractivity contribution is 0.631. The van der Waals surface area contributed by atoms with Crippen LogP contribution in [0.2, 0.25) is 0 Å². The van der Waals surface area contributed by atoms with Gasteiger partial charge < -0.3 is 15.6 Å². The number of nitrogens with two attached hydrogens (primary N) is 1. The van der Waals surface area contributed by atoms with E-state index < -0.39 is 5.82 Å². The zero-order valence-corrected chi connectivity index (χ0v) is 11.7. The molecule has 0 atom stereocenters. The Morgan fingerprint density at radius 2 is 2.19 bits per heavy atom. The molecule has 0 aliphatic carbocycles. The molecule has 108 valence electrons. The number of nitrogen functional groups attached to an aromatic ring is 1. The number of fused-ring (bicyclic) bond motifs is 1. The maximum atomic E-state index is 14.1. The molecule has 5 nitrogen and oxygen atoms in total. The molecule has 0 radical (unpaired) electrons. The van der Waals surface area contributed by atoms with Gasteiger partial charge in [0.2, 0.25) is 0 Å². The largest absolute Gasteiger partial charge is 0.398 e. The average Bonchev–Trinajstić information content (AvgIpc) is 2.88. The lowest BCUT2D eigenvalue weighted by atomic mass is 10.1. The van der Waals surface area contributed by atoms with Gasteiger partial charge in [-0.2, -0.15) is 0 Å². The van der Waals surface area contributed by atoms with Crippen molar-refractivity contribution < 1.29 is 4.39 Å². The molecule has 0 aliphatic heterocycles. The number of hydrogen-bond donors (Lipinski definition) is 2. The summed E-state index contributed by atoms with van der Waals surface area (Å²) in [6.07, 6.45) is 5.96. The standard InChI is InChI=1S/C15H16FN5/c1-21-8-7-18-13(21)4-6-20-15-11(16)9-12(17)10-3-2-5-19-14(10)15/h2-3,5,7-9,20H,4,6,17H2,1H3. The van der Waals surface area contributed by atoms with Crippen molar-refractivity contribution in [2.75, 3.05) is 17.6 Å². The zero-order valence-electron chi connectivity index (χ0n) is 11.7. The van der Waals surface area contributed by atoms with E-state index in [0.717, 1.165) is 11.2 Å². The third-order valence-corrected chi connectivity index (χ3v) is 3.45. The summed E-state index contributed by atoms with van der Waals surface area (Å²) in [5, 5.41) is 3.85. The molecule has 3 aromatic rings. The van der Waals surface area contributed by atoms with Crippen LogP contribution < -0.4 is 11.1 Å². The summed E-state index contributed by atoms with van der Waals surface area (Å²) in [6.45, 7) is 0.567. The van der Waals surface area contributed by atoms with Crippen molar-refractivity contribution in [3.8, 4) is 0 Å². The Bertz CT molecular complexity index is 781. The predicted octanol–water partition coefficient (Wildman–Crippen LogP) is 2.34. The smallest absolute Gasteiger partial charge is 0.150 e. The van der Waals surface area contributed by atoms with Gasteiger partial charge >= 0.3 is 0 Å². The summed E-state index contributed by atoms with van der Waals surface area (Å²) in [7, 11) is 1.93. The molecule has 0 amide bonds. The lowest BCUT2D eigenvalue weighted by Crippen LogP contribution is -2.10. The van der Waals surface area contributed by atoms with Gasteiger partial charge in [0.1, 0.15) is 5.82 Å². The van der Waals surface area contributed by atoms with Crippen LogP contribution in [0.25, 0.3) is 10.9 Å². The zero-order chi connectivity index (χ0) is 14.8. The summed E-state index contributed by atoms with van der Waals surface area (Å²) in [5.41, 5.74) is 7.16. The minimum absolute atomic E-state index is 0.383. The molecule has 0 saturated heterocycles. The molecule has 3 N–H and O–H groups in total. The number of anilines is 2. The first kappa shape index (κ1) is 13.4. The third kappa shape index (κ3) is 2.52. The van der Waals surface area contributed by atoms with Gasteiger partial charge in [-0.05, 0) is 18.2 Å². The van der Waals surface area contributed by atoms with E-state index >= 15 is 0 Å². The van der Waals surface area contributed by atoms with E-state index in [1.54, 1.807) is 18.5 Å². The van der Waals surface area contributed by atoms with Crippen LogP contribution in [0.3, 0.4) is 0 Å². The molecular formula is C15H16FN5. The van der Waals surface area contributed by atoms with Crippen LogP contribution in [0, 0.1) is 5.82 Å². The number of halogens is 1. The third-order valence-electron chi connectivity index (χ3n) is 3.45. The molecule has 0 unspecified atom stereocenters. The van der Waals surface area contributed by atoms with E-state index in [0.29, 0.717) is 29.9 Å².